The average molecular weight is 559 g/mol. The molecule has 3 rings (SSSR count). The molecule has 180 valence electrons. The third-order valence-corrected chi connectivity index (χ3v) is 5.79. The third-order valence-electron chi connectivity index (χ3n) is 5.79. The Kier molecular flexibility index (Phi) is 11.5. The van der Waals surface area contributed by atoms with Crippen LogP contribution in [0.1, 0.15) is 25.3 Å². The van der Waals surface area contributed by atoms with Crippen LogP contribution in [0.3, 0.4) is 0 Å². The average Bonchev–Trinajstić information content (AvgIpc) is 2.80. The highest BCUT2D eigenvalue weighted by molar-refractivity contribution is 14.0. The zero-order valence-electron chi connectivity index (χ0n) is 19.6. The second kappa shape index (κ2) is 13.8. The quantitative estimate of drug-likeness (QED) is 0.238. The molecule has 0 saturated carbocycles. The van der Waals surface area contributed by atoms with E-state index in [0.717, 1.165) is 37.9 Å². The number of rotatable bonds is 7. The maximum absolute atomic E-state index is 12.5. The standard InChI is InChI=1S/C23H37N5O3.HI/c1-19(2)20-6-4-5-7-21(20)31-15-8-25-23(24-3)28-11-9-26(10-12-28)18-22(29)27-13-16-30-17-14-27;/h4-7,19H,8-18H2,1-3H3,(H,24,25);1H. The molecule has 1 N–H and O–H groups in total. The molecule has 9 heteroatoms. The van der Waals surface area contributed by atoms with E-state index in [0.29, 0.717) is 51.9 Å². The maximum Gasteiger partial charge on any atom is 0.236 e. The van der Waals surface area contributed by atoms with Gasteiger partial charge >= 0.3 is 0 Å². The second-order valence-electron chi connectivity index (χ2n) is 8.27. The summed E-state index contributed by atoms with van der Waals surface area (Å²) in [6, 6.07) is 8.21. The van der Waals surface area contributed by atoms with Crippen molar-refractivity contribution in [3.63, 3.8) is 0 Å². The fourth-order valence-corrected chi connectivity index (χ4v) is 3.97. The molecule has 0 aromatic heterocycles. The monoisotopic (exact) mass is 559 g/mol. The zero-order valence-corrected chi connectivity index (χ0v) is 21.9. The van der Waals surface area contributed by atoms with Crippen LogP contribution in [0, 0.1) is 0 Å². The summed E-state index contributed by atoms with van der Waals surface area (Å²) in [5.74, 6) is 2.48. The number of halogens is 1. The van der Waals surface area contributed by atoms with Gasteiger partial charge in [-0.3, -0.25) is 14.7 Å². The van der Waals surface area contributed by atoms with Gasteiger partial charge < -0.3 is 24.6 Å². The van der Waals surface area contributed by atoms with Gasteiger partial charge in [-0.15, -0.1) is 24.0 Å². The highest BCUT2D eigenvalue weighted by Gasteiger charge is 2.24. The Balaban J connectivity index is 0.00000363. The molecular weight excluding hydrogens is 521 g/mol. The molecule has 0 aliphatic carbocycles. The van der Waals surface area contributed by atoms with E-state index in [4.69, 9.17) is 9.47 Å². The fourth-order valence-electron chi connectivity index (χ4n) is 3.97. The van der Waals surface area contributed by atoms with Crippen LogP contribution in [0.5, 0.6) is 5.75 Å². The minimum absolute atomic E-state index is 0. The summed E-state index contributed by atoms with van der Waals surface area (Å²) in [7, 11) is 1.81. The van der Waals surface area contributed by atoms with Gasteiger partial charge in [-0.05, 0) is 17.5 Å². The molecule has 2 saturated heterocycles. The van der Waals surface area contributed by atoms with Crippen molar-refractivity contribution in [2.45, 2.75) is 19.8 Å². The smallest absolute Gasteiger partial charge is 0.236 e. The number of nitrogens with one attached hydrogen (secondary N) is 1. The van der Waals surface area contributed by atoms with Crippen molar-refractivity contribution in [2.24, 2.45) is 4.99 Å². The van der Waals surface area contributed by atoms with E-state index in [1.54, 1.807) is 0 Å². The molecule has 2 aliphatic heterocycles. The molecule has 0 atom stereocenters. The summed E-state index contributed by atoms with van der Waals surface area (Å²) < 4.78 is 11.3. The SMILES string of the molecule is CN=C(NCCOc1ccccc1C(C)C)N1CCN(CC(=O)N2CCOCC2)CC1.I. The highest BCUT2D eigenvalue weighted by atomic mass is 127. The molecule has 2 fully saturated rings. The van der Waals surface area contributed by atoms with Crippen LogP contribution in [0.15, 0.2) is 29.3 Å². The first-order valence-corrected chi connectivity index (χ1v) is 11.3. The van der Waals surface area contributed by atoms with Crippen LogP contribution in [-0.2, 0) is 9.53 Å². The number of carbonyl (C=O) groups excluding carboxylic acids is 1. The van der Waals surface area contributed by atoms with Crippen molar-refractivity contribution in [1.82, 2.24) is 20.0 Å². The number of morpholine rings is 1. The number of guanidine groups is 1. The first-order valence-electron chi connectivity index (χ1n) is 11.3. The number of hydrogen-bond acceptors (Lipinski definition) is 5. The molecule has 8 nitrogen and oxygen atoms in total. The van der Waals surface area contributed by atoms with Crippen molar-refractivity contribution in [1.29, 1.82) is 0 Å². The van der Waals surface area contributed by atoms with Gasteiger partial charge in [0.1, 0.15) is 12.4 Å². The van der Waals surface area contributed by atoms with Gasteiger partial charge in [0.2, 0.25) is 5.91 Å². The van der Waals surface area contributed by atoms with Gasteiger partial charge in [0, 0.05) is 46.3 Å². The van der Waals surface area contributed by atoms with E-state index in [2.05, 4.69) is 46.1 Å². The molecule has 2 heterocycles. The molecule has 1 aromatic carbocycles. The van der Waals surface area contributed by atoms with Crippen molar-refractivity contribution >= 4 is 35.8 Å². The topological polar surface area (TPSA) is 69.6 Å². The summed E-state index contributed by atoms with van der Waals surface area (Å²) in [6.07, 6.45) is 0. The zero-order chi connectivity index (χ0) is 22.1. The molecule has 0 unspecified atom stereocenters. The van der Waals surface area contributed by atoms with Crippen LogP contribution >= 0.6 is 24.0 Å². The second-order valence-corrected chi connectivity index (χ2v) is 8.27. The number of carbonyl (C=O) groups is 1. The Morgan fingerprint density at radius 2 is 1.78 bits per heavy atom. The van der Waals surface area contributed by atoms with E-state index in [-0.39, 0.29) is 29.9 Å². The van der Waals surface area contributed by atoms with Gasteiger partial charge in [0.05, 0.1) is 26.3 Å². The summed E-state index contributed by atoms with van der Waals surface area (Å²) >= 11 is 0. The van der Waals surface area contributed by atoms with Crippen LogP contribution < -0.4 is 10.1 Å². The molecule has 0 spiro atoms. The largest absolute Gasteiger partial charge is 0.491 e. The number of amides is 1. The lowest BCUT2D eigenvalue weighted by Gasteiger charge is -2.37. The normalized spacial score (nSPS) is 17.8. The van der Waals surface area contributed by atoms with Crippen LogP contribution in [0.2, 0.25) is 0 Å². The minimum Gasteiger partial charge on any atom is -0.491 e. The Hall–Kier alpha value is -1.59. The van der Waals surface area contributed by atoms with Crippen LogP contribution in [0.4, 0.5) is 0 Å². The number of hydrogen-bond donors (Lipinski definition) is 1. The van der Waals surface area contributed by atoms with Gasteiger partial charge in [-0.1, -0.05) is 32.0 Å². The third kappa shape index (κ3) is 7.77. The molecule has 0 bridgehead atoms. The number of benzene rings is 1. The van der Waals surface area contributed by atoms with Gasteiger partial charge in [-0.2, -0.15) is 0 Å². The maximum atomic E-state index is 12.5. The molecule has 1 amide bonds. The molecular formula is C23H38IN5O3. The first kappa shape index (κ1) is 26.7. The van der Waals surface area contributed by atoms with Gasteiger partial charge in [0.15, 0.2) is 5.96 Å². The first-order chi connectivity index (χ1) is 15.1. The van der Waals surface area contributed by atoms with Gasteiger partial charge in [-0.25, -0.2) is 0 Å². The van der Waals surface area contributed by atoms with E-state index in [1.807, 2.05) is 24.1 Å². The van der Waals surface area contributed by atoms with Crippen molar-refractivity contribution < 1.29 is 14.3 Å². The van der Waals surface area contributed by atoms with Crippen molar-refractivity contribution in [3.05, 3.63) is 29.8 Å². The fraction of sp³-hybridized carbons (Fsp3) is 0.652. The molecule has 32 heavy (non-hydrogen) atoms. The number of nitrogens with zero attached hydrogens (tertiary/aromatic N) is 4. The molecule has 1 aromatic rings. The predicted octanol–water partition coefficient (Wildman–Crippen LogP) is 1.86. The molecule has 2 aliphatic rings. The van der Waals surface area contributed by atoms with E-state index >= 15 is 0 Å². The summed E-state index contributed by atoms with van der Waals surface area (Å²) in [6.45, 7) is 12.2. The van der Waals surface area contributed by atoms with Crippen LogP contribution in [0.25, 0.3) is 0 Å². The number of piperazine rings is 1. The Bertz CT molecular complexity index is 732. The highest BCUT2D eigenvalue weighted by Crippen LogP contribution is 2.25. The lowest BCUT2D eigenvalue weighted by Crippen LogP contribution is -2.55. The number of aliphatic imine (C=N–C) groups is 1. The van der Waals surface area contributed by atoms with E-state index in [9.17, 15) is 4.79 Å². The predicted molar refractivity (Wildman–Crippen MR) is 138 cm³/mol. The Morgan fingerprint density at radius 1 is 1.09 bits per heavy atom. The summed E-state index contributed by atoms with van der Waals surface area (Å²) in [4.78, 5) is 23.3. The van der Waals surface area contributed by atoms with Crippen LogP contribution in [-0.4, -0.2) is 106 Å². The lowest BCUT2D eigenvalue weighted by molar-refractivity contribution is -0.136. The minimum atomic E-state index is 0. The van der Waals surface area contributed by atoms with E-state index < -0.39 is 0 Å². The number of ether oxygens (including phenoxy) is 2. The summed E-state index contributed by atoms with van der Waals surface area (Å²) in [5.41, 5.74) is 1.23. The van der Waals surface area contributed by atoms with Gasteiger partial charge in [0.25, 0.3) is 0 Å². The lowest BCUT2D eigenvalue weighted by atomic mass is 10.0. The molecule has 0 radical (unpaired) electrons. The van der Waals surface area contributed by atoms with Crippen molar-refractivity contribution in [3.8, 4) is 5.75 Å². The Morgan fingerprint density at radius 3 is 2.44 bits per heavy atom. The van der Waals surface area contributed by atoms with E-state index in [1.165, 1.54) is 5.56 Å². The Labute approximate surface area is 209 Å². The van der Waals surface area contributed by atoms with Crippen molar-refractivity contribution in [2.75, 3.05) is 79.2 Å². The summed E-state index contributed by atoms with van der Waals surface area (Å²) in [5, 5.41) is 3.41. The number of para-hydroxylation sites is 1.